The maximum atomic E-state index is 11.4. The number of ether oxygens (including phenoxy) is 2. The molecule has 1 aliphatic heterocycles. The Morgan fingerprint density at radius 1 is 1.44 bits per heavy atom. The molecule has 86 valence electrons. The van der Waals surface area contributed by atoms with Crippen molar-refractivity contribution in [2.75, 3.05) is 13.7 Å². The first-order valence-electron chi connectivity index (χ1n) is 5.17. The fourth-order valence-corrected chi connectivity index (χ4v) is 2.27. The third-order valence-electron chi connectivity index (χ3n) is 2.61. The molecule has 1 aliphatic rings. The van der Waals surface area contributed by atoms with Crippen molar-refractivity contribution >= 4 is 21.7 Å². The van der Waals surface area contributed by atoms with Crippen molar-refractivity contribution in [2.45, 2.75) is 18.9 Å². The zero-order chi connectivity index (χ0) is 11.5. The normalized spacial score (nSPS) is 20.9. The van der Waals surface area contributed by atoms with E-state index in [-0.39, 0.29) is 11.9 Å². The maximum absolute atomic E-state index is 11.4. The summed E-state index contributed by atoms with van der Waals surface area (Å²) in [5.41, 5.74) is 0.985. The van der Waals surface area contributed by atoms with Crippen LogP contribution in [-0.2, 0) is 9.53 Å². The zero-order valence-corrected chi connectivity index (χ0v) is 10.6. The Balaban J connectivity index is 2.24. The molecule has 3 nitrogen and oxygen atoms in total. The van der Waals surface area contributed by atoms with Gasteiger partial charge in [0.15, 0.2) is 0 Å². The molecule has 2 rings (SSSR count). The van der Waals surface area contributed by atoms with Crippen LogP contribution in [0.4, 0.5) is 0 Å². The number of benzene rings is 1. The predicted octanol–water partition coefficient (Wildman–Crippen LogP) is 2.88. The van der Waals surface area contributed by atoms with Crippen LogP contribution in [0.2, 0.25) is 0 Å². The van der Waals surface area contributed by atoms with Gasteiger partial charge in [0.2, 0.25) is 0 Å². The summed E-state index contributed by atoms with van der Waals surface area (Å²) in [6, 6.07) is 5.76. The number of methoxy groups -OCH3 is 1. The van der Waals surface area contributed by atoms with Crippen molar-refractivity contribution in [3.8, 4) is 5.75 Å². The predicted molar refractivity (Wildman–Crippen MR) is 63.6 cm³/mol. The lowest BCUT2D eigenvalue weighted by atomic mass is 10.0. The molecule has 0 aliphatic carbocycles. The molecule has 0 N–H and O–H groups in total. The summed E-state index contributed by atoms with van der Waals surface area (Å²) in [7, 11) is 1.62. The van der Waals surface area contributed by atoms with Crippen molar-refractivity contribution in [3.05, 3.63) is 28.2 Å². The van der Waals surface area contributed by atoms with E-state index in [1.165, 1.54) is 0 Å². The molecule has 0 aromatic heterocycles. The Bertz CT molecular complexity index is 403. The van der Waals surface area contributed by atoms with E-state index in [1.807, 2.05) is 18.2 Å². The zero-order valence-electron chi connectivity index (χ0n) is 9.03. The Labute approximate surface area is 103 Å². The molecule has 1 aromatic carbocycles. The third-order valence-corrected chi connectivity index (χ3v) is 3.07. The molecular weight excluding hydrogens is 272 g/mol. The van der Waals surface area contributed by atoms with Crippen LogP contribution < -0.4 is 4.74 Å². The van der Waals surface area contributed by atoms with Gasteiger partial charge in [-0.3, -0.25) is 4.79 Å². The fraction of sp³-hybridized carbons (Fsp3) is 0.417. The summed E-state index contributed by atoms with van der Waals surface area (Å²) in [4.78, 5) is 11.4. The van der Waals surface area contributed by atoms with E-state index in [2.05, 4.69) is 15.9 Å². The van der Waals surface area contributed by atoms with E-state index in [0.29, 0.717) is 19.4 Å². The van der Waals surface area contributed by atoms with Crippen molar-refractivity contribution < 1.29 is 14.3 Å². The van der Waals surface area contributed by atoms with Crippen molar-refractivity contribution in [3.63, 3.8) is 0 Å². The highest BCUT2D eigenvalue weighted by Gasteiger charge is 2.22. The van der Waals surface area contributed by atoms with Gasteiger partial charge < -0.3 is 9.47 Å². The van der Waals surface area contributed by atoms with Crippen LogP contribution in [0.5, 0.6) is 5.75 Å². The third kappa shape index (κ3) is 2.62. The fourth-order valence-electron chi connectivity index (χ4n) is 1.78. The molecule has 1 unspecified atom stereocenters. The van der Waals surface area contributed by atoms with Crippen molar-refractivity contribution in [1.29, 1.82) is 0 Å². The molecule has 0 bridgehead atoms. The molecule has 0 radical (unpaired) electrons. The van der Waals surface area contributed by atoms with Crippen LogP contribution in [0.25, 0.3) is 0 Å². The standard InChI is InChI=1S/C12H13BrO3/c1-15-11-5-8(4-9(13)6-11)12-7-10(14)2-3-16-12/h4-6,12H,2-3,7H2,1H3. The molecule has 1 saturated heterocycles. The van der Waals surface area contributed by atoms with E-state index >= 15 is 0 Å². The van der Waals surface area contributed by atoms with Gasteiger partial charge in [-0.15, -0.1) is 0 Å². The molecule has 0 amide bonds. The number of hydrogen-bond donors (Lipinski definition) is 0. The minimum Gasteiger partial charge on any atom is -0.497 e. The van der Waals surface area contributed by atoms with Gasteiger partial charge in [0.05, 0.1) is 19.8 Å². The highest BCUT2D eigenvalue weighted by molar-refractivity contribution is 9.10. The number of carbonyl (C=O) groups excluding carboxylic acids is 1. The van der Waals surface area contributed by atoms with Crippen LogP contribution in [0.15, 0.2) is 22.7 Å². The van der Waals surface area contributed by atoms with E-state index in [0.717, 1.165) is 15.8 Å². The Hall–Kier alpha value is -0.870. The number of rotatable bonds is 2. The highest BCUT2D eigenvalue weighted by Crippen LogP contribution is 2.31. The molecule has 1 heterocycles. The second-order valence-corrected chi connectivity index (χ2v) is 4.69. The van der Waals surface area contributed by atoms with E-state index in [9.17, 15) is 4.79 Å². The van der Waals surface area contributed by atoms with Gasteiger partial charge in [0.25, 0.3) is 0 Å². The molecule has 1 fully saturated rings. The number of Topliss-reactive ketones (excluding diaryl/α,β-unsaturated/α-hetero) is 1. The van der Waals surface area contributed by atoms with Crippen LogP contribution in [-0.4, -0.2) is 19.5 Å². The molecule has 0 spiro atoms. The number of carbonyl (C=O) groups is 1. The topological polar surface area (TPSA) is 35.5 Å². The van der Waals surface area contributed by atoms with E-state index < -0.39 is 0 Å². The van der Waals surface area contributed by atoms with Gasteiger partial charge in [-0.05, 0) is 23.8 Å². The van der Waals surface area contributed by atoms with Gasteiger partial charge in [0.1, 0.15) is 11.5 Å². The minimum absolute atomic E-state index is 0.132. The second kappa shape index (κ2) is 4.97. The van der Waals surface area contributed by atoms with E-state index in [4.69, 9.17) is 9.47 Å². The summed E-state index contributed by atoms with van der Waals surface area (Å²) < 4.78 is 11.7. The summed E-state index contributed by atoms with van der Waals surface area (Å²) in [6.07, 6.45) is 0.856. The maximum Gasteiger partial charge on any atom is 0.138 e. The number of halogens is 1. The van der Waals surface area contributed by atoms with Crippen molar-refractivity contribution in [2.24, 2.45) is 0 Å². The van der Waals surface area contributed by atoms with Gasteiger partial charge in [-0.25, -0.2) is 0 Å². The average Bonchev–Trinajstić information content (AvgIpc) is 2.28. The number of ketones is 1. The largest absolute Gasteiger partial charge is 0.497 e. The Morgan fingerprint density at radius 2 is 2.25 bits per heavy atom. The summed E-state index contributed by atoms with van der Waals surface area (Å²) in [5.74, 6) is 1.03. The van der Waals surface area contributed by atoms with Crippen molar-refractivity contribution in [1.82, 2.24) is 0 Å². The summed E-state index contributed by atoms with van der Waals surface area (Å²) in [5, 5.41) is 0. The van der Waals surface area contributed by atoms with Crippen LogP contribution in [0.1, 0.15) is 24.5 Å². The van der Waals surface area contributed by atoms with E-state index in [1.54, 1.807) is 7.11 Å². The van der Waals surface area contributed by atoms with Gasteiger partial charge in [-0.1, -0.05) is 15.9 Å². The smallest absolute Gasteiger partial charge is 0.138 e. The first-order valence-corrected chi connectivity index (χ1v) is 5.96. The average molecular weight is 285 g/mol. The Morgan fingerprint density at radius 3 is 2.94 bits per heavy atom. The quantitative estimate of drug-likeness (QED) is 0.838. The second-order valence-electron chi connectivity index (χ2n) is 3.78. The minimum atomic E-state index is -0.132. The van der Waals surface area contributed by atoms with Crippen LogP contribution in [0.3, 0.4) is 0 Å². The van der Waals surface area contributed by atoms with Crippen LogP contribution >= 0.6 is 15.9 Å². The first kappa shape index (κ1) is 11.6. The molecule has 4 heteroatoms. The molecule has 16 heavy (non-hydrogen) atoms. The lowest BCUT2D eigenvalue weighted by Gasteiger charge is -2.22. The molecular formula is C12H13BrO3. The lowest BCUT2D eigenvalue weighted by molar-refractivity contribution is -0.128. The first-order chi connectivity index (χ1) is 7.69. The monoisotopic (exact) mass is 284 g/mol. The number of hydrogen-bond acceptors (Lipinski definition) is 3. The molecule has 1 aromatic rings. The van der Waals surface area contributed by atoms with Crippen LogP contribution in [0, 0.1) is 0 Å². The Kier molecular flexibility index (Phi) is 3.61. The lowest BCUT2D eigenvalue weighted by Crippen LogP contribution is -2.19. The highest BCUT2D eigenvalue weighted by atomic mass is 79.9. The van der Waals surface area contributed by atoms with Gasteiger partial charge in [-0.2, -0.15) is 0 Å². The summed E-state index contributed by atoms with van der Waals surface area (Å²) in [6.45, 7) is 0.512. The summed E-state index contributed by atoms with van der Waals surface area (Å²) >= 11 is 3.42. The van der Waals surface area contributed by atoms with Gasteiger partial charge >= 0.3 is 0 Å². The molecule has 0 saturated carbocycles. The van der Waals surface area contributed by atoms with Gasteiger partial charge in [0, 0.05) is 17.3 Å². The molecule has 1 atom stereocenters. The SMILES string of the molecule is COc1cc(Br)cc(C2CC(=O)CCO2)c1.